The summed E-state index contributed by atoms with van der Waals surface area (Å²) in [6.07, 6.45) is 4.61. The number of benzene rings is 2. The predicted molar refractivity (Wildman–Crippen MR) is 126 cm³/mol. The van der Waals surface area contributed by atoms with E-state index in [1.807, 2.05) is 43.4 Å². The molecule has 1 heterocycles. The van der Waals surface area contributed by atoms with E-state index in [0.29, 0.717) is 17.5 Å². The summed E-state index contributed by atoms with van der Waals surface area (Å²) in [6.45, 7) is 0.255. The van der Waals surface area contributed by atoms with Crippen LogP contribution in [0.15, 0.2) is 47.5 Å². The van der Waals surface area contributed by atoms with E-state index in [0.717, 1.165) is 49.0 Å². The number of methoxy groups -OCH3 is 2. The summed E-state index contributed by atoms with van der Waals surface area (Å²) in [7, 11) is 5.21. The highest BCUT2D eigenvalue weighted by Gasteiger charge is 2.64. The van der Waals surface area contributed by atoms with Crippen LogP contribution in [0.3, 0.4) is 0 Å². The highest BCUT2D eigenvalue weighted by molar-refractivity contribution is 6.01. The Labute approximate surface area is 194 Å². The van der Waals surface area contributed by atoms with Crippen molar-refractivity contribution >= 4 is 11.7 Å². The van der Waals surface area contributed by atoms with E-state index in [-0.39, 0.29) is 23.8 Å². The van der Waals surface area contributed by atoms with Crippen molar-refractivity contribution in [2.24, 2.45) is 16.1 Å². The Kier molecular flexibility index (Phi) is 5.32. The van der Waals surface area contributed by atoms with Gasteiger partial charge in [0.2, 0.25) is 0 Å². The van der Waals surface area contributed by atoms with Gasteiger partial charge in [-0.05, 0) is 67.5 Å². The molecule has 2 aromatic carbocycles. The molecule has 0 aromatic heterocycles. The summed E-state index contributed by atoms with van der Waals surface area (Å²) >= 11 is 0. The summed E-state index contributed by atoms with van der Waals surface area (Å²) in [5.41, 5.74) is 7.15. The minimum absolute atomic E-state index is 0.104. The van der Waals surface area contributed by atoms with Crippen molar-refractivity contribution in [2.75, 3.05) is 27.8 Å². The zero-order valence-corrected chi connectivity index (χ0v) is 19.5. The first-order valence-corrected chi connectivity index (χ1v) is 11.5. The van der Waals surface area contributed by atoms with Crippen LogP contribution in [0.1, 0.15) is 36.8 Å². The monoisotopic (exact) mass is 449 g/mol. The Morgan fingerprint density at radius 2 is 1.79 bits per heavy atom. The molecule has 2 N–H and O–H groups in total. The normalized spacial score (nSPS) is 28.7. The molecule has 2 aliphatic carbocycles. The second-order valence-corrected chi connectivity index (χ2v) is 9.45. The molecule has 7 heteroatoms. The van der Waals surface area contributed by atoms with E-state index in [4.69, 9.17) is 24.9 Å². The maximum Gasteiger partial charge on any atom is 0.192 e. The number of nitrogens with zero attached hydrogens (tertiary/aromatic N) is 2. The predicted octanol–water partition coefficient (Wildman–Crippen LogP) is 3.64. The smallest absolute Gasteiger partial charge is 0.192 e. The van der Waals surface area contributed by atoms with Gasteiger partial charge in [0.15, 0.2) is 17.3 Å². The number of fused-ring (bicyclic) bond motifs is 3. The third-order valence-corrected chi connectivity index (χ3v) is 7.73. The maximum atomic E-state index is 13.8. The van der Waals surface area contributed by atoms with Crippen LogP contribution in [0.4, 0.5) is 0 Å². The summed E-state index contributed by atoms with van der Waals surface area (Å²) in [4.78, 5) is 20.5. The van der Waals surface area contributed by atoms with Gasteiger partial charge in [0.05, 0.1) is 19.8 Å². The molecule has 174 valence electrons. The first-order chi connectivity index (χ1) is 15.9. The van der Waals surface area contributed by atoms with Crippen LogP contribution in [0.5, 0.6) is 17.2 Å². The highest BCUT2D eigenvalue weighted by Crippen LogP contribution is 2.61. The molecule has 2 aromatic rings. The number of likely N-dealkylation sites (N-methyl/N-ethyl adjacent to an activating group) is 1. The third kappa shape index (κ3) is 3.37. The molecule has 0 radical (unpaired) electrons. The molecule has 2 spiro atoms. The van der Waals surface area contributed by atoms with Gasteiger partial charge in [-0.15, -0.1) is 0 Å². The molecule has 0 saturated heterocycles. The van der Waals surface area contributed by atoms with Crippen molar-refractivity contribution < 1.29 is 19.0 Å². The van der Waals surface area contributed by atoms with Gasteiger partial charge >= 0.3 is 0 Å². The number of carbonyl (C=O) groups excluding carboxylic acids is 1. The number of hydrogen-bond acceptors (Lipinski definition) is 7. The quantitative estimate of drug-likeness (QED) is 0.767. The Morgan fingerprint density at radius 3 is 2.52 bits per heavy atom. The second-order valence-electron chi connectivity index (χ2n) is 9.45. The lowest BCUT2D eigenvalue weighted by Crippen LogP contribution is -2.58. The van der Waals surface area contributed by atoms with Gasteiger partial charge in [-0.1, -0.05) is 12.1 Å². The van der Waals surface area contributed by atoms with E-state index in [2.05, 4.69) is 6.07 Å². The van der Waals surface area contributed by atoms with Crippen molar-refractivity contribution in [1.82, 2.24) is 4.90 Å². The Hall–Kier alpha value is -3.06. The molecule has 33 heavy (non-hydrogen) atoms. The van der Waals surface area contributed by atoms with Crippen molar-refractivity contribution in [3.63, 3.8) is 0 Å². The minimum Gasteiger partial charge on any atom is -0.497 e. The first kappa shape index (κ1) is 21.8. The Bertz CT molecular complexity index is 1110. The average Bonchev–Trinajstić information content (AvgIpc) is 3.07. The zero-order chi connectivity index (χ0) is 23.2. The van der Waals surface area contributed by atoms with Gasteiger partial charge in [-0.25, -0.2) is 4.99 Å². The summed E-state index contributed by atoms with van der Waals surface area (Å²) in [5, 5.41) is 0. The average molecular weight is 450 g/mol. The number of aliphatic imine (C=N–C) groups is 1. The van der Waals surface area contributed by atoms with E-state index in [9.17, 15) is 4.79 Å². The second kappa shape index (κ2) is 8.06. The molecule has 1 aliphatic heterocycles. The zero-order valence-electron chi connectivity index (χ0n) is 19.5. The van der Waals surface area contributed by atoms with E-state index >= 15 is 0 Å². The van der Waals surface area contributed by atoms with E-state index in [1.165, 1.54) is 0 Å². The highest BCUT2D eigenvalue weighted by atomic mass is 16.5. The number of guanidine groups is 1. The fourth-order valence-electron chi connectivity index (χ4n) is 5.96. The number of Topliss-reactive ketones (excluding diaryl/α,β-unsaturated/α-hetero) is 1. The van der Waals surface area contributed by atoms with Crippen LogP contribution < -0.4 is 15.2 Å². The van der Waals surface area contributed by atoms with Gasteiger partial charge in [-0.2, -0.15) is 0 Å². The van der Waals surface area contributed by atoms with Gasteiger partial charge in [0, 0.05) is 25.6 Å². The molecule has 7 nitrogen and oxygen atoms in total. The summed E-state index contributed by atoms with van der Waals surface area (Å²) in [6, 6.07) is 13.5. The summed E-state index contributed by atoms with van der Waals surface area (Å²) in [5.74, 6) is 2.59. The van der Waals surface area contributed by atoms with Crippen molar-refractivity contribution in [3.05, 3.63) is 53.6 Å². The molecule has 1 unspecified atom stereocenters. The van der Waals surface area contributed by atoms with Gasteiger partial charge < -0.3 is 24.8 Å². The Morgan fingerprint density at radius 1 is 1.06 bits per heavy atom. The van der Waals surface area contributed by atoms with Gasteiger partial charge in [0.1, 0.15) is 17.2 Å². The van der Waals surface area contributed by atoms with Crippen LogP contribution >= 0.6 is 0 Å². The number of ketones is 1. The molecule has 1 saturated carbocycles. The van der Waals surface area contributed by atoms with Crippen molar-refractivity contribution in [3.8, 4) is 17.2 Å². The number of nitrogens with two attached hydrogens (primary N) is 1. The fraction of sp³-hybridized carbons (Fsp3) is 0.462. The molecule has 1 atom stereocenters. The lowest BCUT2D eigenvalue weighted by atomic mass is 9.59. The topological polar surface area (TPSA) is 86.4 Å². The number of ether oxygens (including phenoxy) is 3. The SMILES string of the molecule is COc1cccc(Oc2ccc3c(c2)C2(N=C(N)N(C)CC2=O)C2(CCC(OC)CC2)C3)c1. The summed E-state index contributed by atoms with van der Waals surface area (Å²) < 4.78 is 17.1. The lowest BCUT2D eigenvalue weighted by Gasteiger charge is -2.49. The van der Waals surface area contributed by atoms with Crippen LogP contribution in [0.25, 0.3) is 0 Å². The van der Waals surface area contributed by atoms with E-state index in [1.54, 1.807) is 19.1 Å². The van der Waals surface area contributed by atoms with Crippen LogP contribution in [0, 0.1) is 5.41 Å². The molecule has 0 bridgehead atoms. The maximum absolute atomic E-state index is 13.8. The lowest BCUT2D eigenvalue weighted by molar-refractivity contribution is -0.132. The molecule has 3 aliphatic rings. The largest absolute Gasteiger partial charge is 0.497 e. The van der Waals surface area contributed by atoms with Crippen LogP contribution in [-0.4, -0.2) is 50.6 Å². The molecule has 1 fully saturated rings. The third-order valence-electron chi connectivity index (χ3n) is 7.73. The van der Waals surface area contributed by atoms with Gasteiger partial charge in [-0.3, -0.25) is 4.79 Å². The van der Waals surface area contributed by atoms with E-state index < -0.39 is 5.54 Å². The number of hydrogen-bond donors (Lipinski definition) is 1. The van der Waals surface area contributed by atoms with Gasteiger partial charge in [0.25, 0.3) is 0 Å². The van der Waals surface area contributed by atoms with Crippen molar-refractivity contribution in [1.29, 1.82) is 0 Å². The Balaban J connectivity index is 1.59. The molecule has 0 amide bonds. The minimum atomic E-state index is -0.981. The number of rotatable bonds is 4. The standard InChI is InChI=1S/C26H31N3O4/c1-29-16-23(30)26(28-24(29)27)22-14-21(33-20-6-4-5-19(13-20)32-3)8-7-17(22)15-25(26)11-9-18(31-2)10-12-25/h4-8,13-14,18H,9-12,15-16H2,1-3H3,(H2,27,28). The molecule has 5 rings (SSSR count). The van der Waals surface area contributed by atoms with Crippen LogP contribution in [0.2, 0.25) is 0 Å². The van der Waals surface area contributed by atoms with Crippen LogP contribution in [-0.2, 0) is 21.5 Å². The fourth-order valence-corrected chi connectivity index (χ4v) is 5.96. The molecular formula is C26H31N3O4. The van der Waals surface area contributed by atoms with Crippen molar-refractivity contribution in [2.45, 2.75) is 43.7 Å². The molecular weight excluding hydrogens is 418 g/mol. The first-order valence-electron chi connectivity index (χ1n) is 11.5. The number of carbonyl (C=O) groups is 1.